The molecule has 90 valence electrons. The first-order chi connectivity index (χ1) is 8.28. The van der Waals surface area contributed by atoms with E-state index >= 15 is 0 Å². The van der Waals surface area contributed by atoms with Gasteiger partial charge in [-0.25, -0.2) is 0 Å². The summed E-state index contributed by atoms with van der Waals surface area (Å²) in [5, 5.41) is 5.53. The van der Waals surface area contributed by atoms with Crippen molar-refractivity contribution in [3.05, 3.63) is 56.2 Å². The van der Waals surface area contributed by atoms with Crippen molar-refractivity contribution < 1.29 is 0 Å². The lowest BCUT2D eigenvalue weighted by molar-refractivity contribution is 0.700. The summed E-state index contributed by atoms with van der Waals surface area (Å²) in [7, 11) is 0. The van der Waals surface area contributed by atoms with E-state index in [-0.39, 0.29) is 0 Å². The molecule has 1 aromatic heterocycles. The normalized spacial score (nSPS) is 10.7. The summed E-state index contributed by atoms with van der Waals surface area (Å²) in [4.78, 5) is 1.34. The van der Waals surface area contributed by atoms with Crippen LogP contribution in [0.5, 0.6) is 0 Å². The number of thiophene rings is 1. The maximum absolute atomic E-state index is 5.56. The SMILES string of the molecule is NCc1ccc(CNCc2cc(Br)cs2)cc1. The van der Waals surface area contributed by atoms with Crippen LogP contribution in [-0.2, 0) is 19.6 Å². The Morgan fingerprint density at radius 2 is 1.82 bits per heavy atom. The van der Waals surface area contributed by atoms with Crippen molar-refractivity contribution in [2.75, 3.05) is 0 Å². The van der Waals surface area contributed by atoms with Crippen molar-refractivity contribution in [2.24, 2.45) is 5.73 Å². The lowest BCUT2D eigenvalue weighted by atomic mass is 10.1. The molecular formula is C13H15BrN2S. The minimum Gasteiger partial charge on any atom is -0.326 e. The van der Waals surface area contributed by atoms with Crippen molar-refractivity contribution in [3.63, 3.8) is 0 Å². The first kappa shape index (κ1) is 12.8. The zero-order chi connectivity index (χ0) is 12.1. The van der Waals surface area contributed by atoms with Gasteiger partial charge in [-0.05, 0) is 33.1 Å². The van der Waals surface area contributed by atoms with Gasteiger partial charge in [0, 0.05) is 34.4 Å². The van der Waals surface area contributed by atoms with Crippen LogP contribution in [0.3, 0.4) is 0 Å². The molecule has 0 aliphatic carbocycles. The van der Waals surface area contributed by atoms with Crippen molar-refractivity contribution in [2.45, 2.75) is 19.6 Å². The number of nitrogens with two attached hydrogens (primary N) is 1. The molecule has 0 aliphatic rings. The van der Waals surface area contributed by atoms with Crippen LogP contribution in [0.25, 0.3) is 0 Å². The summed E-state index contributed by atoms with van der Waals surface area (Å²) in [5.74, 6) is 0. The molecule has 0 aliphatic heterocycles. The Labute approximate surface area is 114 Å². The Morgan fingerprint density at radius 3 is 2.41 bits per heavy atom. The van der Waals surface area contributed by atoms with Gasteiger partial charge in [0.2, 0.25) is 0 Å². The average molecular weight is 311 g/mol. The van der Waals surface area contributed by atoms with Gasteiger partial charge < -0.3 is 11.1 Å². The molecule has 1 heterocycles. The van der Waals surface area contributed by atoms with Gasteiger partial charge >= 0.3 is 0 Å². The summed E-state index contributed by atoms with van der Waals surface area (Å²) < 4.78 is 1.16. The van der Waals surface area contributed by atoms with Crippen LogP contribution < -0.4 is 11.1 Å². The number of hydrogen-bond acceptors (Lipinski definition) is 3. The predicted octanol–water partition coefficient (Wildman–Crippen LogP) is 3.26. The van der Waals surface area contributed by atoms with E-state index in [1.807, 2.05) is 0 Å². The molecule has 0 saturated heterocycles. The summed E-state index contributed by atoms with van der Waals surface area (Å²) in [6.07, 6.45) is 0. The fourth-order valence-electron chi connectivity index (χ4n) is 1.57. The maximum Gasteiger partial charge on any atom is 0.0303 e. The van der Waals surface area contributed by atoms with Gasteiger partial charge in [0.15, 0.2) is 0 Å². The number of rotatable bonds is 5. The Morgan fingerprint density at radius 1 is 1.12 bits per heavy atom. The monoisotopic (exact) mass is 310 g/mol. The van der Waals surface area contributed by atoms with E-state index in [9.17, 15) is 0 Å². The van der Waals surface area contributed by atoms with Gasteiger partial charge in [-0.1, -0.05) is 24.3 Å². The summed E-state index contributed by atoms with van der Waals surface area (Å²) in [6, 6.07) is 10.6. The van der Waals surface area contributed by atoms with E-state index in [1.54, 1.807) is 11.3 Å². The van der Waals surface area contributed by atoms with Crippen LogP contribution in [0.4, 0.5) is 0 Å². The Kier molecular flexibility index (Phi) is 4.74. The minimum atomic E-state index is 0.608. The van der Waals surface area contributed by atoms with Crippen molar-refractivity contribution in [1.29, 1.82) is 0 Å². The van der Waals surface area contributed by atoms with Gasteiger partial charge in [0.1, 0.15) is 0 Å². The standard InChI is InChI=1S/C13H15BrN2S/c14-12-5-13(17-9-12)8-16-7-11-3-1-10(6-15)2-4-11/h1-5,9,16H,6-8,15H2. The van der Waals surface area contributed by atoms with E-state index < -0.39 is 0 Å². The fourth-order valence-corrected chi connectivity index (χ4v) is 2.99. The molecule has 0 radical (unpaired) electrons. The molecule has 0 amide bonds. The minimum absolute atomic E-state index is 0.608. The van der Waals surface area contributed by atoms with Crippen molar-refractivity contribution >= 4 is 27.3 Å². The molecule has 2 nitrogen and oxygen atoms in total. The van der Waals surface area contributed by atoms with Crippen LogP contribution in [0, 0.1) is 0 Å². The third-order valence-corrected chi connectivity index (χ3v) is 4.21. The zero-order valence-electron chi connectivity index (χ0n) is 9.45. The van der Waals surface area contributed by atoms with Gasteiger partial charge in [0.05, 0.1) is 0 Å². The average Bonchev–Trinajstić information content (AvgIpc) is 2.76. The lowest BCUT2D eigenvalue weighted by Gasteiger charge is -2.04. The molecule has 17 heavy (non-hydrogen) atoms. The molecule has 4 heteroatoms. The second-order valence-electron chi connectivity index (χ2n) is 3.86. The molecule has 1 aromatic carbocycles. The number of benzene rings is 1. The van der Waals surface area contributed by atoms with E-state index in [0.717, 1.165) is 17.6 Å². The highest BCUT2D eigenvalue weighted by molar-refractivity contribution is 9.10. The lowest BCUT2D eigenvalue weighted by Crippen LogP contribution is -2.11. The first-order valence-electron chi connectivity index (χ1n) is 5.49. The molecule has 0 unspecified atom stereocenters. The highest BCUT2D eigenvalue weighted by Gasteiger charge is 1.98. The molecule has 0 atom stereocenters. The molecule has 0 fully saturated rings. The fraction of sp³-hybridized carbons (Fsp3) is 0.231. The quantitative estimate of drug-likeness (QED) is 0.889. The summed E-state index contributed by atoms with van der Waals surface area (Å²) in [6.45, 7) is 2.41. The molecule has 0 spiro atoms. The van der Waals surface area contributed by atoms with E-state index in [4.69, 9.17) is 5.73 Å². The predicted molar refractivity (Wildman–Crippen MR) is 76.9 cm³/mol. The van der Waals surface area contributed by atoms with Crippen LogP contribution in [-0.4, -0.2) is 0 Å². The maximum atomic E-state index is 5.56. The van der Waals surface area contributed by atoms with Crippen LogP contribution >= 0.6 is 27.3 Å². The van der Waals surface area contributed by atoms with Crippen molar-refractivity contribution in [3.8, 4) is 0 Å². The third kappa shape index (κ3) is 3.92. The van der Waals surface area contributed by atoms with Gasteiger partial charge in [-0.3, -0.25) is 0 Å². The van der Waals surface area contributed by atoms with Gasteiger partial charge in [-0.15, -0.1) is 11.3 Å². The molecule has 2 rings (SSSR count). The van der Waals surface area contributed by atoms with E-state index in [2.05, 4.69) is 57.0 Å². The molecular weight excluding hydrogens is 296 g/mol. The Hall–Kier alpha value is -0.680. The zero-order valence-corrected chi connectivity index (χ0v) is 11.9. The topological polar surface area (TPSA) is 38.0 Å². The van der Waals surface area contributed by atoms with Crippen molar-refractivity contribution in [1.82, 2.24) is 5.32 Å². The van der Waals surface area contributed by atoms with Crippen LogP contribution in [0.2, 0.25) is 0 Å². The number of nitrogens with one attached hydrogen (secondary N) is 1. The highest BCUT2D eigenvalue weighted by Crippen LogP contribution is 2.19. The first-order valence-corrected chi connectivity index (χ1v) is 7.16. The van der Waals surface area contributed by atoms with Gasteiger partial charge in [-0.2, -0.15) is 0 Å². The number of halogens is 1. The highest BCUT2D eigenvalue weighted by atomic mass is 79.9. The summed E-state index contributed by atoms with van der Waals surface area (Å²) in [5.41, 5.74) is 8.03. The molecule has 0 bridgehead atoms. The largest absolute Gasteiger partial charge is 0.326 e. The molecule has 2 aromatic rings. The third-order valence-electron chi connectivity index (χ3n) is 2.51. The summed E-state index contributed by atoms with van der Waals surface area (Å²) >= 11 is 5.22. The van der Waals surface area contributed by atoms with Crippen LogP contribution in [0.15, 0.2) is 40.2 Å². The Bertz CT molecular complexity index is 465. The molecule has 3 N–H and O–H groups in total. The second-order valence-corrected chi connectivity index (χ2v) is 5.77. The van der Waals surface area contributed by atoms with E-state index in [1.165, 1.54) is 16.0 Å². The molecule has 0 saturated carbocycles. The smallest absolute Gasteiger partial charge is 0.0303 e. The second kappa shape index (κ2) is 6.31. The van der Waals surface area contributed by atoms with Crippen LogP contribution in [0.1, 0.15) is 16.0 Å². The van der Waals surface area contributed by atoms with Gasteiger partial charge in [0.25, 0.3) is 0 Å². The Balaban J connectivity index is 1.81. The van der Waals surface area contributed by atoms with E-state index in [0.29, 0.717) is 6.54 Å². The number of hydrogen-bond donors (Lipinski definition) is 2.